The van der Waals surface area contributed by atoms with Crippen LogP contribution in [-0.4, -0.2) is 9.91 Å². The Morgan fingerprint density at radius 1 is 0.846 bits per heavy atom. The van der Waals surface area contributed by atoms with Gasteiger partial charge in [-0.05, 0) is 18.2 Å². The Balaban J connectivity index is 2.00. The quantitative estimate of drug-likeness (QED) is 0.440. The zero-order chi connectivity index (χ0) is 18.1. The molecule has 26 heavy (non-hydrogen) atoms. The van der Waals surface area contributed by atoms with Gasteiger partial charge in [-0.3, -0.25) is 14.9 Å². The summed E-state index contributed by atoms with van der Waals surface area (Å²) < 4.78 is 0. The first-order chi connectivity index (χ1) is 12.6. The van der Waals surface area contributed by atoms with E-state index in [2.05, 4.69) is 10.3 Å². The van der Waals surface area contributed by atoms with Crippen LogP contribution >= 0.6 is 0 Å². The third-order valence-electron chi connectivity index (χ3n) is 4.13. The fourth-order valence-electron chi connectivity index (χ4n) is 2.91. The molecular weight excluding hydrogens is 330 g/mol. The van der Waals surface area contributed by atoms with Crippen LogP contribution in [0.2, 0.25) is 0 Å². The Morgan fingerprint density at radius 3 is 2.31 bits per heavy atom. The van der Waals surface area contributed by atoms with Crippen LogP contribution in [-0.2, 0) is 0 Å². The van der Waals surface area contributed by atoms with Crippen molar-refractivity contribution in [1.29, 1.82) is 0 Å². The van der Waals surface area contributed by atoms with Gasteiger partial charge in [-0.1, -0.05) is 42.5 Å². The van der Waals surface area contributed by atoms with Gasteiger partial charge in [-0.15, -0.1) is 0 Å². The highest BCUT2D eigenvalue weighted by molar-refractivity contribution is 5.98. The molecule has 0 radical (unpaired) electrons. The Kier molecular flexibility index (Phi) is 3.78. The summed E-state index contributed by atoms with van der Waals surface area (Å²) in [5.74, 6) is 0.472. The molecule has 0 aliphatic carbocycles. The smallest absolute Gasteiger partial charge is 0.271 e. The second-order valence-electron chi connectivity index (χ2n) is 5.78. The number of benzene rings is 3. The number of hydrogen-bond donors (Lipinski definition) is 1. The van der Waals surface area contributed by atoms with E-state index < -0.39 is 4.92 Å². The molecule has 0 aliphatic heterocycles. The predicted octanol–water partition coefficient (Wildman–Crippen LogP) is 4.40. The maximum absolute atomic E-state index is 12.9. The maximum Gasteiger partial charge on any atom is 0.271 e. The first kappa shape index (κ1) is 15.7. The van der Waals surface area contributed by atoms with Crippen LogP contribution in [0.4, 0.5) is 17.2 Å². The molecule has 4 aromatic rings. The highest BCUT2D eigenvalue weighted by Crippen LogP contribution is 2.26. The lowest BCUT2D eigenvalue weighted by molar-refractivity contribution is -0.384. The summed E-state index contributed by atoms with van der Waals surface area (Å²) in [7, 11) is 0. The highest BCUT2D eigenvalue weighted by Gasteiger charge is 2.10. The third kappa shape index (κ3) is 2.73. The third-order valence-corrected chi connectivity index (χ3v) is 4.13. The molecule has 126 valence electrons. The Hall–Kier alpha value is -3.80. The lowest BCUT2D eigenvalue weighted by Gasteiger charge is -2.06. The summed E-state index contributed by atoms with van der Waals surface area (Å²) >= 11 is 0. The Labute approximate surface area is 147 Å². The van der Waals surface area contributed by atoms with Crippen molar-refractivity contribution in [1.82, 2.24) is 4.98 Å². The molecule has 3 aromatic carbocycles. The molecule has 0 saturated carbocycles. The molecular formula is C20H13N3O3. The topological polar surface area (TPSA) is 85.1 Å². The summed E-state index contributed by atoms with van der Waals surface area (Å²) in [6.07, 6.45) is 0. The molecule has 4 rings (SSSR count). The van der Waals surface area contributed by atoms with Crippen LogP contribution in [0, 0.1) is 10.1 Å². The first-order valence-electron chi connectivity index (χ1n) is 7.97. The van der Waals surface area contributed by atoms with Crippen molar-refractivity contribution in [3.63, 3.8) is 0 Å². The molecule has 0 saturated heterocycles. The van der Waals surface area contributed by atoms with E-state index in [1.54, 1.807) is 42.5 Å². The number of para-hydroxylation sites is 1. The number of fused-ring (bicyclic) bond motifs is 2. The van der Waals surface area contributed by atoms with Crippen molar-refractivity contribution in [2.75, 3.05) is 5.32 Å². The Bertz CT molecular complexity index is 1220. The van der Waals surface area contributed by atoms with E-state index in [4.69, 9.17) is 0 Å². The molecule has 1 N–H and O–H groups in total. The number of nitrogens with zero attached hydrogens (tertiary/aromatic N) is 2. The molecule has 6 heteroatoms. The summed E-state index contributed by atoms with van der Waals surface area (Å²) in [5.41, 5.74) is 0.964. The average molecular weight is 343 g/mol. The summed E-state index contributed by atoms with van der Waals surface area (Å²) in [6.45, 7) is 0. The molecule has 0 fully saturated rings. The van der Waals surface area contributed by atoms with E-state index in [1.165, 1.54) is 12.1 Å². The number of rotatable bonds is 3. The fraction of sp³-hybridized carbons (Fsp3) is 0. The SMILES string of the molecule is O=c1c2ccccc2nc(Nc2cccc([N+](=O)[O-])c2)c2ccccc12. The number of non-ortho nitro benzene ring substituents is 1. The lowest BCUT2D eigenvalue weighted by Crippen LogP contribution is -1.98. The highest BCUT2D eigenvalue weighted by atomic mass is 16.6. The van der Waals surface area contributed by atoms with E-state index in [0.29, 0.717) is 33.2 Å². The van der Waals surface area contributed by atoms with Gasteiger partial charge >= 0.3 is 0 Å². The molecule has 1 heterocycles. The summed E-state index contributed by atoms with van der Waals surface area (Å²) in [4.78, 5) is 28.1. The van der Waals surface area contributed by atoms with E-state index >= 15 is 0 Å². The number of nitro benzene ring substituents is 1. The molecule has 6 nitrogen and oxygen atoms in total. The molecule has 0 amide bonds. The van der Waals surface area contributed by atoms with Crippen molar-refractivity contribution in [2.45, 2.75) is 0 Å². The average Bonchev–Trinajstić information content (AvgIpc) is 2.78. The van der Waals surface area contributed by atoms with Gasteiger partial charge in [0.05, 0.1) is 10.4 Å². The van der Waals surface area contributed by atoms with Gasteiger partial charge in [0.1, 0.15) is 5.82 Å². The molecule has 0 aliphatic rings. The zero-order valence-electron chi connectivity index (χ0n) is 13.5. The summed E-state index contributed by atoms with van der Waals surface area (Å²) in [6, 6.07) is 20.5. The van der Waals surface area contributed by atoms with Gasteiger partial charge in [0.2, 0.25) is 0 Å². The second-order valence-corrected chi connectivity index (χ2v) is 5.78. The van der Waals surface area contributed by atoms with Crippen LogP contribution in [0.3, 0.4) is 0 Å². The maximum atomic E-state index is 12.9. The Morgan fingerprint density at radius 2 is 1.54 bits per heavy atom. The van der Waals surface area contributed by atoms with Crippen LogP contribution in [0.25, 0.3) is 21.7 Å². The van der Waals surface area contributed by atoms with Gasteiger partial charge in [-0.2, -0.15) is 0 Å². The molecule has 0 bridgehead atoms. The second kappa shape index (κ2) is 6.25. The first-order valence-corrected chi connectivity index (χ1v) is 7.97. The molecule has 0 spiro atoms. The van der Waals surface area contributed by atoms with Gasteiger partial charge in [0.25, 0.3) is 5.69 Å². The molecule has 0 unspecified atom stereocenters. The van der Waals surface area contributed by atoms with E-state index in [0.717, 1.165) is 0 Å². The number of anilines is 2. The van der Waals surface area contributed by atoms with E-state index in [1.807, 2.05) is 18.2 Å². The van der Waals surface area contributed by atoms with Crippen LogP contribution in [0.1, 0.15) is 0 Å². The van der Waals surface area contributed by atoms with Crippen molar-refractivity contribution in [3.8, 4) is 0 Å². The van der Waals surface area contributed by atoms with Crippen LogP contribution in [0.5, 0.6) is 0 Å². The number of nitro groups is 1. The van der Waals surface area contributed by atoms with Gasteiger partial charge in [-0.25, -0.2) is 4.98 Å². The van der Waals surface area contributed by atoms with Crippen molar-refractivity contribution in [3.05, 3.63) is 93.1 Å². The van der Waals surface area contributed by atoms with Gasteiger partial charge < -0.3 is 5.32 Å². The number of nitrogens with one attached hydrogen (secondary N) is 1. The monoisotopic (exact) mass is 343 g/mol. The minimum atomic E-state index is -0.452. The minimum Gasteiger partial charge on any atom is -0.339 e. The predicted molar refractivity (Wildman–Crippen MR) is 102 cm³/mol. The molecule has 0 atom stereocenters. The van der Waals surface area contributed by atoms with Crippen molar-refractivity contribution >= 4 is 38.9 Å². The number of hydrogen-bond acceptors (Lipinski definition) is 5. The van der Waals surface area contributed by atoms with Crippen LogP contribution in [0.15, 0.2) is 77.6 Å². The standard InChI is InChI=1S/C20H13N3O3/c24-19-15-8-1-2-9-16(15)20(22-18-11-4-3-10-17(18)19)21-13-6-5-7-14(12-13)23(25)26/h1-12H,(H,21,22). The fourth-order valence-corrected chi connectivity index (χ4v) is 2.91. The summed E-state index contributed by atoms with van der Waals surface area (Å²) in [5, 5.41) is 15.8. The van der Waals surface area contributed by atoms with Gasteiger partial charge in [0, 0.05) is 34.0 Å². The zero-order valence-corrected chi connectivity index (χ0v) is 13.5. The molecule has 1 aromatic heterocycles. The van der Waals surface area contributed by atoms with E-state index in [-0.39, 0.29) is 11.1 Å². The van der Waals surface area contributed by atoms with Crippen LogP contribution < -0.4 is 10.7 Å². The van der Waals surface area contributed by atoms with Crippen molar-refractivity contribution < 1.29 is 4.92 Å². The largest absolute Gasteiger partial charge is 0.339 e. The minimum absolute atomic E-state index is 0.0195. The normalized spacial score (nSPS) is 10.8. The number of aromatic nitrogens is 1. The van der Waals surface area contributed by atoms with Crippen molar-refractivity contribution in [2.24, 2.45) is 0 Å². The van der Waals surface area contributed by atoms with E-state index in [9.17, 15) is 14.9 Å². The lowest BCUT2D eigenvalue weighted by atomic mass is 10.1. The van der Waals surface area contributed by atoms with Gasteiger partial charge in [0.15, 0.2) is 5.43 Å².